The van der Waals surface area contributed by atoms with Crippen LogP contribution in [0.3, 0.4) is 0 Å². The summed E-state index contributed by atoms with van der Waals surface area (Å²) in [5, 5.41) is 17.1. The first-order chi connectivity index (χ1) is 10.6. The van der Waals surface area contributed by atoms with Gasteiger partial charge in [0.25, 0.3) is 0 Å². The van der Waals surface area contributed by atoms with Gasteiger partial charge in [0.05, 0.1) is 5.56 Å². The molecule has 1 heterocycles. The van der Waals surface area contributed by atoms with E-state index in [2.05, 4.69) is 37.5 Å². The minimum Gasteiger partial charge on any atom is -0.444 e. The Bertz CT molecular complexity index is 569. The maximum absolute atomic E-state index is 11.8. The number of ether oxygens (including phenoxy) is 1. The number of hydrogen-bond acceptors (Lipinski definition) is 5. The average Bonchev–Trinajstić information content (AvgIpc) is 2.89. The second kappa shape index (κ2) is 7.80. The first-order valence-electron chi connectivity index (χ1n) is 7.75. The van der Waals surface area contributed by atoms with Crippen molar-refractivity contribution in [1.29, 1.82) is 5.26 Å². The van der Waals surface area contributed by atoms with Crippen LogP contribution in [0.25, 0.3) is 0 Å². The number of nitrogens with zero attached hydrogens (tertiary/aromatic N) is 1. The number of carbonyl (C=O) groups excluding carboxylic acids is 1. The Morgan fingerprint density at radius 1 is 1.39 bits per heavy atom. The molecule has 0 aromatic carbocycles. The highest BCUT2D eigenvalue weighted by molar-refractivity contribution is 7.10. The number of thiophene rings is 1. The Balaban J connectivity index is 2.61. The zero-order valence-corrected chi connectivity index (χ0v) is 15.6. The van der Waals surface area contributed by atoms with Gasteiger partial charge in [-0.3, -0.25) is 0 Å². The molecule has 1 amide bonds. The summed E-state index contributed by atoms with van der Waals surface area (Å²) in [7, 11) is 0. The Kier molecular flexibility index (Phi) is 6.60. The molecule has 1 aromatic rings. The number of carbonyl (C=O) groups is 1. The van der Waals surface area contributed by atoms with Crippen molar-refractivity contribution in [3.8, 4) is 6.07 Å². The highest BCUT2D eigenvalue weighted by atomic mass is 32.1. The summed E-state index contributed by atoms with van der Waals surface area (Å²) >= 11 is 1.56. The lowest BCUT2D eigenvalue weighted by atomic mass is 9.88. The monoisotopic (exact) mass is 337 g/mol. The summed E-state index contributed by atoms with van der Waals surface area (Å²) in [4.78, 5) is 13.0. The molecule has 0 aliphatic carbocycles. The molecule has 1 atom stereocenters. The Morgan fingerprint density at radius 2 is 2.04 bits per heavy atom. The van der Waals surface area contributed by atoms with E-state index in [0.29, 0.717) is 24.6 Å². The number of nitriles is 1. The van der Waals surface area contributed by atoms with E-state index in [0.717, 1.165) is 4.88 Å². The molecule has 0 saturated carbocycles. The van der Waals surface area contributed by atoms with Gasteiger partial charge in [0.2, 0.25) is 0 Å². The highest BCUT2D eigenvalue weighted by Gasteiger charge is 2.29. The summed E-state index contributed by atoms with van der Waals surface area (Å²) < 4.78 is 5.28. The second-order valence-corrected chi connectivity index (χ2v) is 8.19. The van der Waals surface area contributed by atoms with E-state index in [1.54, 1.807) is 11.3 Å². The predicted octanol–water partition coefficient (Wildman–Crippen LogP) is 3.65. The van der Waals surface area contributed by atoms with Crippen LogP contribution in [0.5, 0.6) is 0 Å². The molecule has 0 fully saturated rings. The van der Waals surface area contributed by atoms with Crippen LogP contribution in [0, 0.1) is 17.2 Å². The van der Waals surface area contributed by atoms with Gasteiger partial charge in [-0.15, -0.1) is 11.3 Å². The lowest BCUT2D eigenvalue weighted by Gasteiger charge is -2.35. The maximum Gasteiger partial charge on any atom is 0.407 e. The van der Waals surface area contributed by atoms with Crippen LogP contribution >= 0.6 is 11.3 Å². The Hall–Kier alpha value is -1.58. The van der Waals surface area contributed by atoms with Gasteiger partial charge < -0.3 is 15.4 Å². The summed E-state index contributed by atoms with van der Waals surface area (Å²) in [6.45, 7) is 13.0. The smallest absolute Gasteiger partial charge is 0.407 e. The fourth-order valence-corrected chi connectivity index (χ4v) is 2.61. The van der Waals surface area contributed by atoms with Crippen LogP contribution in [0.4, 0.5) is 4.79 Å². The number of hydrogen-bond donors (Lipinski definition) is 2. The topological polar surface area (TPSA) is 74.2 Å². The molecule has 0 saturated heterocycles. The molecule has 0 bridgehead atoms. The number of amides is 1. The van der Waals surface area contributed by atoms with E-state index in [1.165, 1.54) is 0 Å². The van der Waals surface area contributed by atoms with Crippen molar-refractivity contribution in [1.82, 2.24) is 10.6 Å². The van der Waals surface area contributed by atoms with E-state index in [4.69, 9.17) is 10.00 Å². The van der Waals surface area contributed by atoms with Gasteiger partial charge in [-0.05, 0) is 39.7 Å². The van der Waals surface area contributed by atoms with E-state index in [9.17, 15) is 4.79 Å². The third-order valence-electron chi connectivity index (χ3n) is 3.72. The minimum atomic E-state index is -0.504. The molecule has 5 nitrogen and oxygen atoms in total. The van der Waals surface area contributed by atoms with Gasteiger partial charge in [-0.2, -0.15) is 5.26 Å². The van der Waals surface area contributed by atoms with Gasteiger partial charge >= 0.3 is 6.09 Å². The molecule has 1 unspecified atom stereocenters. The van der Waals surface area contributed by atoms with Crippen LogP contribution in [-0.2, 0) is 11.3 Å². The van der Waals surface area contributed by atoms with Crippen molar-refractivity contribution < 1.29 is 9.53 Å². The standard InChI is InChI=1S/C17H27N3O2S/c1-12(2)17(6,11-19-15(21)22-16(3,4)5)20-9-14-7-13(8-18)10-23-14/h7,10,12,20H,9,11H2,1-6H3,(H,19,21). The average molecular weight is 337 g/mol. The van der Waals surface area contributed by atoms with Crippen molar-refractivity contribution in [2.75, 3.05) is 6.54 Å². The molecule has 0 aliphatic heterocycles. The van der Waals surface area contributed by atoms with Crippen molar-refractivity contribution >= 4 is 17.4 Å². The molecule has 0 aliphatic rings. The van der Waals surface area contributed by atoms with Gasteiger partial charge in [0.15, 0.2) is 0 Å². The molecule has 1 aromatic heterocycles. The normalized spacial score (nSPS) is 14.2. The Morgan fingerprint density at radius 3 is 2.52 bits per heavy atom. The van der Waals surface area contributed by atoms with Crippen molar-refractivity contribution in [2.24, 2.45) is 5.92 Å². The molecular formula is C17H27N3O2S. The van der Waals surface area contributed by atoms with Crippen LogP contribution < -0.4 is 10.6 Å². The zero-order chi connectivity index (χ0) is 17.7. The van der Waals surface area contributed by atoms with Gasteiger partial charge in [0, 0.05) is 28.9 Å². The number of nitrogens with one attached hydrogen (secondary N) is 2. The lowest BCUT2D eigenvalue weighted by Crippen LogP contribution is -2.54. The number of alkyl carbamates (subject to hydrolysis) is 1. The molecule has 23 heavy (non-hydrogen) atoms. The molecule has 0 radical (unpaired) electrons. The van der Waals surface area contributed by atoms with Crippen molar-refractivity contribution in [3.63, 3.8) is 0 Å². The third-order valence-corrected chi connectivity index (χ3v) is 4.66. The van der Waals surface area contributed by atoms with Crippen molar-refractivity contribution in [3.05, 3.63) is 21.9 Å². The van der Waals surface area contributed by atoms with Crippen LogP contribution in [0.1, 0.15) is 52.0 Å². The van der Waals surface area contributed by atoms with Gasteiger partial charge in [0.1, 0.15) is 11.7 Å². The molecule has 2 N–H and O–H groups in total. The summed E-state index contributed by atoms with van der Waals surface area (Å²) in [6.07, 6.45) is -0.408. The van der Waals surface area contributed by atoms with Crippen molar-refractivity contribution in [2.45, 2.75) is 59.2 Å². The van der Waals surface area contributed by atoms with E-state index < -0.39 is 11.7 Å². The van der Waals surface area contributed by atoms with Crippen LogP contribution in [0.2, 0.25) is 0 Å². The maximum atomic E-state index is 11.8. The summed E-state index contributed by atoms with van der Waals surface area (Å²) in [5.74, 6) is 0.313. The largest absolute Gasteiger partial charge is 0.444 e. The molecule has 6 heteroatoms. The second-order valence-electron chi connectivity index (χ2n) is 7.19. The predicted molar refractivity (Wildman–Crippen MR) is 93.4 cm³/mol. The number of rotatable bonds is 6. The minimum absolute atomic E-state index is 0.270. The van der Waals surface area contributed by atoms with Gasteiger partial charge in [-0.1, -0.05) is 13.8 Å². The fourth-order valence-electron chi connectivity index (χ4n) is 1.86. The van der Waals surface area contributed by atoms with E-state index in [1.807, 2.05) is 32.2 Å². The lowest BCUT2D eigenvalue weighted by molar-refractivity contribution is 0.0503. The van der Waals surface area contributed by atoms with E-state index in [-0.39, 0.29) is 5.54 Å². The SMILES string of the molecule is CC(C)C(C)(CNC(=O)OC(C)(C)C)NCc1cc(C#N)cs1. The van der Waals surface area contributed by atoms with Crippen LogP contribution in [0.15, 0.2) is 11.4 Å². The summed E-state index contributed by atoms with van der Waals surface area (Å²) in [6, 6.07) is 4.03. The van der Waals surface area contributed by atoms with Gasteiger partial charge in [-0.25, -0.2) is 4.79 Å². The molecule has 128 valence electrons. The quantitative estimate of drug-likeness (QED) is 0.831. The van der Waals surface area contributed by atoms with E-state index >= 15 is 0 Å². The summed E-state index contributed by atoms with van der Waals surface area (Å²) in [5.41, 5.74) is -0.0886. The molecule has 1 rings (SSSR count). The third kappa shape index (κ3) is 6.59. The fraction of sp³-hybridized carbons (Fsp3) is 0.647. The molecular weight excluding hydrogens is 310 g/mol. The first-order valence-corrected chi connectivity index (χ1v) is 8.63. The van der Waals surface area contributed by atoms with Crippen LogP contribution in [-0.4, -0.2) is 23.8 Å². The first kappa shape index (κ1) is 19.5. The highest BCUT2D eigenvalue weighted by Crippen LogP contribution is 2.19. The Labute approximate surface area is 143 Å². The zero-order valence-electron chi connectivity index (χ0n) is 14.8. The molecule has 0 spiro atoms.